The fraction of sp³-hybridized carbons (Fsp3) is 0.167. The maximum absolute atomic E-state index is 9.04. The van der Waals surface area contributed by atoms with Crippen molar-refractivity contribution in [3.05, 3.63) is 0 Å². The van der Waals surface area contributed by atoms with E-state index < -0.39 is 0 Å². The number of aromatic amines is 1. The number of H-pyrrole nitrogens is 1. The van der Waals surface area contributed by atoms with Crippen LogP contribution >= 0.6 is 0 Å². The van der Waals surface area contributed by atoms with Crippen molar-refractivity contribution >= 4 is 17.1 Å². The SMILES string of the molecule is COc1nc(N)nc2nc(O)[nH]c12. The summed E-state index contributed by atoms with van der Waals surface area (Å²) in [7, 11) is 1.44. The highest BCUT2D eigenvalue weighted by Gasteiger charge is 2.10. The Morgan fingerprint density at radius 3 is 2.85 bits per heavy atom. The van der Waals surface area contributed by atoms with Gasteiger partial charge in [-0.15, -0.1) is 0 Å². The van der Waals surface area contributed by atoms with Gasteiger partial charge in [-0.25, -0.2) is 0 Å². The quantitative estimate of drug-likeness (QED) is 0.554. The number of anilines is 1. The second kappa shape index (κ2) is 2.47. The minimum absolute atomic E-state index is 0.0517. The average molecular weight is 181 g/mol. The molecule has 0 aromatic carbocycles. The predicted octanol–water partition coefficient (Wildman–Crippen LogP) is -0.351. The van der Waals surface area contributed by atoms with Crippen LogP contribution in [0.15, 0.2) is 0 Å². The zero-order valence-electron chi connectivity index (χ0n) is 6.77. The van der Waals surface area contributed by atoms with Gasteiger partial charge in [-0.05, 0) is 0 Å². The number of aromatic hydroxyl groups is 1. The number of ether oxygens (including phenoxy) is 1. The van der Waals surface area contributed by atoms with Crippen LogP contribution in [0, 0.1) is 0 Å². The van der Waals surface area contributed by atoms with E-state index in [2.05, 4.69) is 19.9 Å². The maximum atomic E-state index is 9.04. The molecule has 7 heteroatoms. The number of fused-ring (bicyclic) bond motifs is 1. The molecule has 0 unspecified atom stereocenters. The minimum atomic E-state index is -0.242. The van der Waals surface area contributed by atoms with Crippen LogP contribution in [0.4, 0.5) is 5.95 Å². The van der Waals surface area contributed by atoms with Gasteiger partial charge >= 0.3 is 0 Å². The predicted molar refractivity (Wildman–Crippen MR) is 44.3 cm³/mol. The molecule has 68 valence electrons. The third-order valence-electron chi connectivity index (χ3n) is 1.52. The van der Waals surface area contributed by atoms with Crippen LogP contribution in [-0.2, 0) is 0 Å². The van der Waals surface area contributed by atoms with Gasteiger partial charge in [0, 0.05) is 0 Å². The molecule has 13 heavy (non-hydrogen) atoms. The Kier molecular flexibility index (Phi) is 1.44. The van der Waals surface area contributed by atoms with E-state index in [1.165, 1.54) is 7.11 Å². The normalized spacial score (nSPS) is 10.5. The summed E-state index contributed by atoms with van der Waals surface area (Å²) in [6.07, 6.45) is 0. The lowest BCUT2D eigenvalue weighted by molar-refractivity contribution is 0.401. The van der Waals surface area contributed by atoms with Crippen LogP contribution in [0.3, 0.4) is 0 Å². The number of aromatic nitrogens is 4. The number of imidazole rings is 1. The number of hydrogen-bond acceptors (Lipinski definition) is 6. The van der Waals surface area contributed by atoms with Crippen molar-refractivity contribution in [1.29, 1.82) is 0 Å². The summed E-state index contributed by atoms with van der Waals surface area (Å²) in [5.74, 6) is 0.311. The largest absolute Gasteiger partial charge is 0.480 e. The highest BCUT2D eigenvalue weighted by Crippen LogP contribution is 2.22. The van der Waals surface area contributed by atoms with Gasteiger partial charge in [0.1, 0.15) is 0 Å². The molecule has 0 saturated carbocycles. The Labute approximate surface area is 72.6 Å². The molecule has 0 aliphatic rings. The first-order valence-electron chi connectivity index (χ1n) is 3.47. The van der Waals surface area contributed by atoms with Crippen molar-refractivity contribution in [2.45, 2.75) is 0 Å². The number of nitrogens with one attached hydrogen (secondary N) is 1. The highest BCUT2D eigenvalue weighted by atomic mass is 16.5. The van der Waals surface area contributed by atoms with Crippen molar-refractivity contribution < 1.29 is 9.84 Å². The third-order valence-corrected chi connectivity index (χ3v) is 1.52. The Bertz CT molecular complexity index is 451. The number of nitrogens with zero attached hydrogens (tertiary/aromatic N) is 3. The molecule has 0 aliphatic heterocycles. The van der Waals surface area contributed by atoms with E-state index >= 15 is 0 Å². The zero-order chi connectivity index (χ0) is 9.42. The summed E-state index contributed by atoms with van der Waals surface area (Å²) in [4.78, 5) is 13.8. The first kappa shape index (κ1) is 7.59. The van der Waals surface area contributed by atoms with E-state index in [-0.39, 0.29) is 23.5 Å². The fourth-order valence-electron chi connectivity index (χ4n) is 1.02. The molecule has 2 heterocycles. The summed E-state index contributed by atoms with van der Waals surface area (Å²) in [6, 6.07) is -0.242. The van der Waals surface area contributed by atoms with Crippen molar-refractivity contribution in [1.82, 2.24) is 19.9 Å². The van der Waals surface area contributed by atoms with E-state index in [9.17, 15) is 0 Å². The van der Waals surface area contributed by atoms with E-state index in [0.717, 1.165) is 0 Å². The number of nitrogen functional groups attached to an aromatic ring is 1. The lowest BCUT2D eigenvalue weighted by atomic mass is 10.5. The number of nitrogens with two attached hydrogens (primary N) is 1. The average Bonchev–Trinajstić information content (AvgIpc) is 2.43. The van der Waals surface area contributed by atoms with Crippen LogP contribution in [-0.4, -0.2) is 32.2 Å². The second-order valence-corrected chi connectivity index (χ2v) is 2.35. The summed E-state index contributed by atoms with van der Waals surface area (Å²) in [6.45, 7) is 0. The van der Waals surface area contributed by atoms with Crippen LogP contribution in [0.5, 0.6) is 11.9 Å². The van der Waals surface area contributed by atoms with Gasteiger partial charge < -0.3 is 20.6 Å². The molecule has 0 saturated heterocycles. The van der Waals surface area contributed by atoms with E-state index in [1.54, 1.807) is 0 Å². The Hall–Kier alpha value is -2.05. The number of methoxy groups -OCH3 is 1. The van der Waals surface area contributed by atoms with Crippen molar-refractivity contribution in [3.8, 4) is 11.9 Å². The highest BCUT2D eigenvalue weighted by molar-refractivity contribution is 5.77. The van der Waals surface area contributed by atoms with Gasteiger partial charge in [-0.1, -0.05) is 0 Å². The molecule has 7 nitrogen and oxygen atoms in total. The van der Waals surface area contributed by atoms with Crippen molar-refractivity contribution in [2.75, 3.05) is 12.8 Å². The van der Waals surface area contributed by atoms with Crippen LogP contribution < -0.4 is 10.5 Å². The Balaban J connectivity index is 2.80. The van der Waals surface area contributed by atoms with Gasteiger partial charge in [-0.3, -0.25) is 0 Å². The monoisotopic (exact) mass is 181 g/mol. The minimum Gasteiger partial charge on any atom is -0.480 e. The smallest absolute Gasteiger partial charge is 0.293 e. The zero-order valence-corrected chi connectivity index (χ0v) is 6.77. The van der Waals surface area contributed by atoms with Crippen LogP contribution in [0.1, 0.15) is 0 Å². The fourth-order valence-corrected chi connectivity index (χ4v) is 1.02. The lowest BCUT2D eigenvalue weighted by Crippen LogP contribution is -1.98. The summed E-state index contributed by atoms with van der Waals surface area (Å²) in [5.41, 5.74) is 6.08. The van der Waals surface area contributed by atoms with Gasteiger partial charge in [0.25, 0.3) is 6.01 Å². The Morgan fingerprint density at radius 1 is 1.38 bits per heavy atom. The number of rotatable bonds is 1. The molecule has 0 spiro atoms. The van der Waals surface area contributed by atoms with E-state index in [0.29, 0.717) is 5.52 Å². The van der Waals surface area contributed by atoms with Crippen molar-refractivity contribution in [3.63, 3.8) is 0 Å². The summed E-state index contributed by atoms with van der Waals surface area (Å²) >= 11 is 0. The summed E-state index contributed by atoms with van der Waals surface area (Å²) < 4.78 is 4.91. The van der Waals surface area contributed by atoms with Gasteiger partial charge in [0.15, 0.2) is 11.2 Å². The standard InChI is InChI=1S/C6H7N5O2/c1-13-4-2-3(9-5(7)11-4)10-6(12)8-2/h1H3,(H4,7,8,9,10,11,12). The number of hydrogen-bond donors (Lipinski definition) is 3. The first-order valence-corrected chi connectivity index (χ1v) is 3.47. The Morgan fingerprint density at radius 2 is 2.15 bits per heavy atom. The van der Waals surface area contributed by atoms with E-state index in [1.807, 2.05) is 0 Å². The maximum Gasteiger partial charge on any atom is 0.293 e. The molecular formula is C6H7N5O2. The first-order chi connectivity index (χ1) is 6.20. The lowest BCUT2D eigenvalue weighted by Gasteiger charge is -1.98. The molecule has 2 aromatic heterocycles. The molecule has 0 amide bonds. The molecule has 0 atom stereocenters. The molecule has 4 N–H and O–H groups in total. The van der Waals surface area contributed by atoms with Crippen molar-refractivity contribution in [2.24, 2.45) is 0 Å². The molecule has 0 bridgehead atoms. The second-order valence-electron chi connectivity index (χ2n) is 2.35. The summed E-state index contributed by atoms with van der Waals surface area (Å²) in [5, 5.41) is 9.04. The molecule has 2 aromatic rings. The molecule has 0 fully saturated rings. The third kappa shape index (κ3) is 1.10. The molecule has 0 aliphatic carbocycles. The van der Waals surface area contributed by atoms with Gasteiger partial charge in [-0.2, -0.15) is 15.0 Å². The van der Waals surface area contributed by atoms with E-state index in [4.69, 9.17) is 15.6 Å². The van der Waals surface area contributed by atoms with Gasteiger partial charge in [0.05, 0.1) is 7.11 Å². The van der Waals surface area contributed by atoms with Crippen LogP contribution in [0.25, 0.3) is 11.2 Å². The van der Waals surface area contributed by atoms with Crippen LogP contribution in [0.2, 0.25) is 0 Å². The van der Waals surface area contributed by atoms with Gasteiger partial charge in [0.2, 0.25) is 11.8 Å². The topological polar surface area (TPSA) is 110 Å². The molecule has 2 rings (SSSR count). The molecule has 0 radical (unpaired) electrons. The molecular weight excluding hydrogens is 174 g/mol.